The highest BCUT2D eigenvalue weighted by Gasteiger charge is 2.25. The Morgan fingerprint density at radius 1 is 1.22 bits per heavy atom. The van der Waals surface area contributed by atoms with E-state index in [-0.39, 0.29) is 5.91 Å². The minimum atomic E-state index is -0.607. The van der Waals surface area contributed by atoms with Gasteiger partial charge in [-0.15, -0.1) is 0 Å². The van der Waals surface area contributed by atoms with Crippen LogP contribution in [0.15, 0.2) is 48.7 Å². The first-order valence-electron chi connectivity index (χ1n) is 5.40. The first-order chi connectivity index (χ1) is 8.74. The van der Waals surface area contributed by atoms with Crippen molar-refractivity contribution in [3.05, 3.63) is 64.9 Å². The number of nitrogens with two attached hydrogens (primary N) is 1. The van der Waals surface area contributed by atoms with Crippen molar-refractivity contribution >= 4 is 17.5 Å². The lowest BCUT2D eigenvalue weighted by molar-refractivity contribution is -0.121. The smallest absolute Gasteiger partial charge is 0.247 e. The van der Waals surface area contributed by atoms with Crippen LogP contribution in [-0.2, 0) is 4.79 Å². The Morgan fingerprint density at radius 3 is 2.56 bits per heavy atom. The number of amides is 1. The average Bonchev–Trinajstić information content (AvgIpc) is 2.42. The van der Waals surface area contributed by atoms with E-state index in [0.29, 0.717) is 10.7 Å². The number of carbonyl (C=O) groups excluding carboxylic acids is 1. The molecule has 92 valence electrons. The molecule has 1 amide bonds. The van der Waals surface area contributed by atoms with Gasteiger partial charge in [0.05, 0.1) is 10.7 Å². The number of carbonyl (C=O) groups is 1. The van der Waals surface area contributed by atoms with Crippen LogP contribution in [0.2, 0.25) is 5.02 Å². The molecule has 1 heterocycles. The van der Waals surface area contributed by atoms with Crippen LogP contribution in [0.25, 0.3) is 0 Å². The van der Waals surface area contributed by atoms with Gasteiger partial charge in [-0.25, -0.2) is 5.84 Å². The van der Waals surface area contributed by atoms with E-state index in [1.54, 1.807) is 18.3 Å². The third kappa shape index (κ3) is 2.50. The highest BCUT2D eigenvalue weighted by Crippen LogP contribution is 2.28. The van der Waals surface area contributed by atoms with Crippen molar-refractivity contribution in [1.82, 2.24) is 10.4 Å². The third-order valence-electron chi connectivity index (χ3n) is 2.60. The Kier molecular flexibility index (Phi) is 3.92. The molecule has 1 aromatic heterocycles. The molecular weight excluding hydrogens is 250 g/mol. The van der Waals surface area contributed by atoms with Crippen molar-refractivity contribution in [3.8, 4) is 0 Å². The third-order valence-corrected chi connectivity index (χ3v) is 2.92. The Bertz CT molecular complexity index is 545. The van der Waals surface area contributed by atoms with Gasteiger partial charge in [0.1, 0.15) is 5.92 Å². The van der Waals surface area contributed by atoms with E-state index in [1.165, 1.54) is 0 Å². The first kappa shape index (κ1) is 12.5. The van der Waals surface area contributed by atoms with Gasteiger partial charge in [-0.05, 0) is 17.7 Å². The SMILES string of the molecule is NNC(=O)C(c1ccccc1)c1ncccc1Cl. The quantitative estimate of drug-likeness (QED) is 0.503. The zero-order valence-electron chi connectivity index (χ0n) is 9.51. The largest absolute Gasteiger partial charge is 0.293 e. The number of hydrogen-bond donors (Lipinski definition) is 2. The summed E-state index contributed by atoms with van der Waals surface area (Å²) in [4.78, 5) is 16.1. The summed E-state index contributed by atoms with van der Waals surface area (Å²) in [7, 11) is 0. The van der Waals surface area contributed by atoms with Gasteiger partial charge >= 0.3 is 0 Å². The summed E-state index contributed by atoms with van der Waals surface area (Å²) in [5, 5.41) is 0.440. The Morgan fingerprint density at radius 2 is 1.94 bits per heavy atom. The number of aromatic nitrogens is 1. The van der Waals surface area contributed by atoms with Gasteiger partial charge in [0.15, 0.2) is 0 Å². The van der Waals surface area contributed by atoms with Crippen molar-refractivity contribution in [3.63, 3.8) is 0 Å². The van der Waals surface area contributed by atoms with Crippen molar-refractivity contribution in [2.75, 3.05) is 0 Å². The van der Waals surface area contributed by atoms with E-state index < -0.39 is 5.92 Å². The van der Waals surface area contributed by atoms with Crippen LogP contribution < -0.4 is 11.3 Å². The number of hydrogen-bond acceptors (Lipinski definition) is 3. The van der Waals surface area contributed by atoms with Crippen molar-refractivity contribution in [1.29, 1.82) is 0 Å². The molecule has 18 heavy (non-hydrogen) atoms. The fourth-order valence-electron chi connectivity index (χ4n) is 1.77. The molecule has 0 radical (unpaired) electrons. The monoisotopic (exact) mass is 261 g/mol. The minimum absolute atomic E-state index is 0.346. The molecule has 1 atom stereocenters. The van der Waals surface area contributed by atoms with Crippen LogP contribution in [0.1, 0.15) is 17.2 Å². The Balaban J connectivity index is 2.51. The molecule has 0 aliphatic rings. The molecule has 0 saturated heterocycles. The molecule has 0 aliphatic carbocycles. The standard InChI is InChI=1S/C13H12ClN3O/c14-10-7-4-8-16-12(10)11(13(18)17-15)9-5-2-1-3-6-9/h1-8,11H,15H2,(H,17,18). The number of halogens is 1. The summed E-state index contributed by atoms with van der Waals surface area (Å²) in [5.41, 5.74) is 3.44. The summed E-state index contributed by atoms with van der Waals surface area (Å²) >= 11 is 6.09. The molecule has 1 aromatic carbocycles. The molecule has 0 bridgehead atoms. The van der Waals surface area contributed by atoms with Crippen LogP contribution in [0.4, 0.5) is 0 Å². The zero-order chi connectivity index (χ0) is 13.0. The summed E-state index contributed by atoms with van der Waals surface area (Å²) < 4.78 is 0. The normalized spacial score (nSPS) is 11.9. The second kappa shape index (κ2) is 5.62. The van der Waals surface area contributed by atoms with Gasteiger partial charge in [-0.2, -0.15) is 0 Å². The number of benzene rings is 1. The molecule has 5 heteroatoms. The van der Waals surface area contributed by atoms with E-state index in [1.807, 2.05) is 30.3 Å². The van der Waals surface area contributed by atoms with E-state index in [0.717, 1.165) is 5.56 Å². The summed E-state index contributed by atoms with van der Waals surface area (Å²) in [6, 6.07) is 12.7. The lowest BCUT2D eigenvalue weighted by Crippen LogP contribution is -2.35. The van der Waals surface area contributed by atoms with Crippen LogP contribution in [0, 0.1) is 0 Å². The fraction of sp³-hybridized carbons (Fsp3) is 0.0769. The van der Waals surface area contributed by atoms with E-state index in [4.69, 9.17) is 17.4 Å². The van der Waals surface area contributed by atoms with E-state index >= 15 is 0 Å². The van der Waals surface area contributed by atoms with Crippen LogP contribution in [-0.4, -0.2) is 10.9 Å². The Labute approximate surface area is 110 Å². The topological polar surface area (TPSA) is 68.0 Å². The summed E-state index contributed by atoms with van der Waals surface area (Å²) in [5.74, 6) is 4.28. The highest BCUT2D eigenvalue weighted by molar-refractivity contribution is 6.31. The molecule has 0 aliphatic heterocycles. The highest BCUT2D eigenvalue weighted by atomic mass is 35.5. The summed E-state index contributed by atoms with van der Waals surface area (Å²) in [6.45, 7) is 0. The lowest BCUT2D eigenvalue weighted by Gasteiger charge is -2.16. The van der Waals surface area contributed by atoms with Gasteiger partial charge in [0.2, 0.25) is 5.91 Å². The Hall–Kier alpha value is -1.91. The molecule has 0 saturated carbocycles. The van der Waals surface area contributed by atoms with E-state index in [2.05, 4.69) is 10.4 Å². The van der Waals surface area contributed by atoms with Crippen molar-refractivity contribution < 1.29 is 4.79 Å². The van der Waals surface area contributed by atoms with Gasteiger partial charge in [0.25, 0.3) is 0 Å². The molecule has 3 N–H and O–H groups in total. The molecule has 0 spiro atoms. The number of nitrogens with zero attached hydrogens (tertiary/aromatic N) is 1. The number of nitrogens with one attached hydrogen (secondary N) is 1. The van der Waals surface area contributed by atoms with Crippen LogP contribution in [0.5, 0.6) is 0 Å². The number of rotatable bonds is 3. The maximum absolute atomic E-state index is 11.9. The summed E-state index contributed by atoms with van der Waals surface area (Å²) in [6.07, 6.45) is 1.60. The number of pyridine rings is 1. The maximum atomic E-state index is 11.9. The molecule has 1 unspecified atom stereocenters. The molecule has 2 aromatic rings. The number of hydrazine groups is 1. The minimum Gasteiger partial charge on any atom is -0.293 e. The molecular formula is C13H12ClN3O. The van der Waals surface area contributed by atoms with Gasteiger partial charge in [-0.1, -0.05) is 41.9 Å². The second-order valence-corrected chi connectivity index (χ2v) is 4.13. The molecule has 4 nitrogen and oxygen atoms in total. The van der Waals surface area contributed by atoms with E-state index in [9.17, 15) is 4.79 Å². The average molecular weight is 262 g/mol. The predicted octanol–water partition coefficient (Wildman–Crippen LogP) is 1.86. The zero-order valence-corrected chi connectivity index (χ0v) is 10.3. The molecule has 2 rings (SSSR count). The predicted molar refractivity (Wildman–Crippen MR) is 69.9 cm³/mol. The van der Waals surface area contributed by atoms with Gasteiger partial charge < -0.3 is 0 Å². The first-order valence-corrected chi connectivity index (χ1v) is 5.77. The van der Waals surface area contributed by atoms with Gasteiger partial charge in [-0.3, -0.25) is 15.2 Å². The van der Waals surface area contributed by atoms with Crippen LogP contribution in [0.3, 0.4) is 0 Å². The fourth-order valence-corrected chi connectivity index (χ4v) is 2.00. The lowest BCUT2D eigenvalue weighted by atomic mass is 9.94. The molecule has 0 fully saturated rings. The van der Waals surface area contributed by atoms with Gasteiger partial charge in [0, 0.05) is 6.20 Å². The van der Waals surface area contributed by atoms with Crippen molar-refractivity contribution in [2.45, 2.75) is 5.92 Å². The maximum Gasteiger partial charge on any atom is 0.247 e. The second-order valence-electron chi connectivity index (χ2n) is 3.72. The van der Waals surface area contributed by atoms with Crippen LogP contribution >= 0.6 is 11.6 Å². The van der Waals surface area contributed by atoms with Crippen molar-refractivity contribution in [2.24, 2.45) is 5.84 Å².